The molecule has 1 unspecified atom stereocenters. The molecule has 0 aliphatic carbocycles. The van der Waals surface area contributed by atoms with Crippen molar-refractivity contribution in [2.45, 2.75) is 64.3 Å². The normalized spacial score (nSPS) is 19.9. The summed E-state index contributed by atoms with van der Waals surface area (Å²) in [7, 11) is 1.78. The first-order valence-corrected chi connectivity index (χ1v) is 7.97. The highest BCUT2D eigenvalue weighted by atomic mass is 16.5. The summed E-state index contributed by atoms with van der Waals surface area (Å²) >= 11 is 0. The van der Waals surface area contributed by atoms with E-state index in [-0.39, 0.29) is 5.41 Å². The van der Waals surface area contributed by atoms with Gasteiger partial charge in [-0.2, -0.15) is 0 Å². The maximum atomic E-state index is 5.56. The van der Waals surface area contributed by atoms with Crippen LogP contribution in [0, 0.1) is 0 Å². The van der Waals surface area contributed by atoms with Crippen LogP contribution < -0.4 is 10.1 Å². The van der Waals surface area contributed by atoms with E-state index in [0.717, 1.165) is 25.1 Å². The summed E-state index contributed by atoms with van der Waals surface area (Å²) in [6.45, 7) is 8.05. The van der Waals surface area contributed by atoms with E-state index in [4.69, 9.17) is 4.74 Å². The topological polar surface area (TPSA) is 21.3 Å². The molecule has 0 aromatic heterocycles. The molecule has 0 bridgehead atoms. The van der Waals surface area contributed by atoms with E-state index < -0.39 is 0 Å². The van der Waals surface area contributed by atoms with Crippen LogP contribution in [-0.2, 0) is 11.8 Å². The molecule has 1 aliphatic heterocycles. The van der Waals surface area contributed by atoms with Gasteiger partial charge in [-0.3, -0.25) is 0 Å². The van der Waals surface area contributed by atoms with Crippen LogP contribution in [0.3, 0.4) is 0 Å². The average Bonchev–Trinajstić information content (AvgIpc) is 2.48. The number of benzene rings is 1. The summed E-state index contributed by atoms with van der Waals surface area (Å²) < 4.78 is 5.56. The molecule has 112 valence electrons. The van der Waals surface area contributed by atoms with Crippen LogP contribution in [0.5, 0.6) is 5.75 Å². The van der Waals surface area contributed by atoms with Gasteiger partial charge in [0.1, 0.15) is 5.75 Å². The summed E-state index contributed by atoms with van der Waals surface area (Å²) in [4.78, 5) is 0. The summed E-state index contributed by atoms with van der Waals surface area (Å²) in [5, 5.41) is 3.64. The van der Waals surface area contributed by atoms with Gasteiger partial charge in [0.15, 0.2) is 0 Å². The van der Waals surface area contributed by atoms with Crippen molar-refractivity contribution in [2.75, 3.05) is 13.7 Å². The van der Waals surface area contributed by atoms with Gasteiger partial charge in [-0.1, -0.05) is 39.3 Å². The zero-order valence-corrected chi connectivity index (χ0v) is 13.5. The van der Waals surface area contributed by atoms with Crippen LogP contribution in [0.15, 0.2) is 18.2 Å². The Hall–Kier alpha value is -1.02. The second-order valence-electron chi connectivity index (χ2n) is 6.62. The van der Waals surface area contributed by atoms with Crippen molar-refractivity contribution in [1.82, 2.24) is 5.32 Å². The van der Waals surface area contributed by atoms with Gasteiger partial charge in [0.25, 0.3) is 0 Å². The number of nitrogens with one attached hydrogen (secondary N) is 1. The molecular weight excluding hydrogens is 246 g/mol. The monoisotopic (exact) mass is 275 g/mol. The molecular formula is C18H29NO. The Kier molecular flexibility index (Phi) is 5.09. The third-order valence-corrected chi connectivity index (χ3v) is 4.82. The molecule has 20 heavy (non-hydrogen) atoms. The fourth-order valence-electron chi connectivity index (χ4n) is 2.93. The van der Waals surface area contributed by atoms with Crippen LogP contribution in [0.25, 0.3) is 0 Å². The van der Waals surface area contributed by atoms with E-state index in [9.17, 15) is 0 Å². The van der Waals surface area contributed by atoms with E-state index in [1.54, 1.807) is 7.11 Å². The highest BCUT2D eigenvalue weighted by molar-refractivity contribution is 5.40. The first-order valence-electron chi connectivity index (χ1n) is 7.97. The number of ether oxygens (including phenoxy) is 1. The molecule has 2 rings (SSSR count). The Bertz CT molecular complexity index is 433. The van der Waals surface area contributed by atoms with Crippen LogP contribution in [0.4, 0.5) is 0 Å². The summed E-state index contributed by atoms with van der Waals surface area (Å²) in [5.74, 6) is 1.04. The molecule has 1 aliphatic rings. The number of hydrogen-bond acceptors (Lipinski definition) is 2. The molecule has 0 radical (unpaired) electrons. The van der Waals surface area contributed by atoms with E-state index >= 15 is 0 Å². The molecule has 0 saturated carbocycles. The van der Waals surface area contributed by atoms with Crippen LogP contribution in [0.1, 0.15) is 57.6 Å². The van der Waals surface area contributed by atoms with Gasteiger partial charge in [0.2, 0.25) is 0 Å². The lowest BCUT2D eigenvalue weighted by atomic mass is 9.81. The minimum Gasteiger partial charge on any atom is -0.496 e. The van der Waals surface area contributed by atoms with Crippen molar-refractivity contribution in [3.8, 4) is 5.75 Å². The van der Waals surface area contributed by atoms with Crippen molar-refractivity contribution in [3.05, 3.63) is 29.3 Å². The van der Waals surface area contributed by atoms with Crippen molar-refractivity contribution >= 4 is 0 Å². The number of rotatable bonds is 5. The van der Waals surface area contributed by atoms with Crippen LogP contribution >= 0.6 is 0 Å². The van der Waals surface area contributed by atoms with Crippen LogP contribution in [-0.4, -0.2) is 19.7 Å². The predicted octanol–water partition coefficient (Wildman–Crippen LogP) is 4.07. The van der Waals surface area contributed by atoms with Crippen molar-refractivity contribution in [1.29, 1.82) is 0 Å². The van der Waals surface area contributed by atoms with Gasteiger partial charge >= 0.3 is 0 Å². The fraction of sp³-hybridized carbons (Fsp3) is 0.667. The fourth-order valence-corrected chi connectivity index (χ4v) is 2.93. The molecule has 2 nitrogen and oxygen atoms in total. The molecule has 1 fully saturated rings. The van der Waals surface area contributed by atoms with Crippen molar-refractivity contribution in [2.24, 2.45) is 0 Å². The van der Waals surface area contributed by atoms with E-state index in [1.807, 2.05) is 0 Å². The van der Waals surface area contributed by atoms with E-state index in [2.05, 4.69) is 44.3 Å². The van der Waals surface area contributed by atoms with Gasteiger partial charge in [-0.25, -0.2) is 0 Å². The predicted molar refractivity (Wildman–Crippen MR) is 85.7 cm³/mol. The maximum absolute atomic E-state index is 5.56. The molecule has 1 N–H and O–H groups in total. The smallest absolute Gasteiger partial charge is 0.122 e. The second-order valence-corrected chi connectivity index (χ2v) is 6.62. The molecule has 1 aromatic rings. The zero-order valence-electron chi connectivity index (χ0n) is 13.5. The Morgan fingerprint density at radius 2 is 2.10 bits per heavy atom. The van der Waals surface area contributed by atoms with Crippen molar-refractivity contribution in [3.63, 3.8) is 0 Å². The molecule has 0 spiro atoms. The zero-order chi connectivity index (χ0) is 14.6. The molecule has 1 heterocycles. The van der Waals surface area contributed by atoms with Gasteiger partial charge < -0.3 is 10.1 Å². The van der Waals surface area contributed by atoms with E-state index in [0.29, 0.717) is 6.04 Å². The Labute approximate surface area is 123 Å². The van der Waals surface area contributed by atoms with Gasteiger partial charge in [-0.15, -0.1) is 0 Å². The first kappa shape index (κ1) is 15.4. The lowest BCUT2D eigenvalue weighted by Gasteiger charge is -2.27. The average molecular weight is 275 g/mol. The molecule has 0 amide bonds. The van der Waals surface area contributed by atoms with Gasteiger partial charge in [0.05, 0.1) is 7.11 Å². The van der Waals surface area contributed by atoms with Crippen LogP contribution in [0.2, 0.25) is 0 Å². The summed E-state index contributed by atoms with van der Waals surface area (Å²) in [6, 6.07) is 7.33. The largest absolute Gasteiger partial charge is 0.496 e. The number of hydrogen-bond donors (Lipinski definition) is 1. The first-order chi connectivity index (χ1) is 9.56. The second kappa shape index (κ2) is 6.62. The minimum atomic E-state index is 0.237. The third-order valence-electron chi connectivity index (χ3n) is 4.82. The number of piperidine rings is 1. The lowest BCUT2D eigenvalue weighted by molar-refractivity contribution is 0.380. The quantitative estimate of drug-likeness (QED) is 0.874. The Balaban J connectivity index is 2.22. The van der Waals surface area contributed by atoms with E-state index in [1.165, 1.54) is 30.4 Å². The van der Waals surface area contributed by atoms with Gasteiger partial charge in [0, 0.05) is 6.04 Å². The standard InChI is InChI=1S/C18H29NO/c1-5-18(2,3)15-9-10-17(20-4)14(12-15)13-16-8-6-7-11-19-16/h9-10,12,16,19H,5-8,11,13H2,1-4H3. The summed E-state index contributed by atoms with van der Waals surface area (Å²) in [6.07, 6.45) is 6.18. The molecule has 1 saturated heterocycles. The van der Waals surface area contributed by atoms with Gasteiger partial charge in [-0.05, 0) is 54.8 Å². The molecule has 1 atom stereocenters. The minimum absolute atomic E-state index is 0.237. The SMILES string of the molecule is CCC(C)(C)c1ccc(OC)c(CC2CCCCN2)c1. The van der Waals surface area contributed by atoms with Crippen molar-refractivity contribution < 1.29 is 4.74 Å². The third kappa shape index (κ3) is 3.54. The highest BCUT2D eigenvalue weighted by Gasteiger charge is 2.21. The Morgan fingerprint density at radius 3 is 2.70 bits per heavy atom. The molecule has 1 aromatic carbocycles. The lowest BCUT2D eigenvalue weighted by Crippen LogP contribution is -2.35. The Morgan fingerprint density at radius 1 is 1.30 bits per heavy atom. The maximum Gasteiger partial charge on any atom is 0.122 e. The summed E-state index contributed by atoms with van der Waals surface area (Å²) in [5.41, 5.74) is 3.01. The number of methoxy groups -OCH3 is 1. The molecule has 2 heteroatoms. The highest BCUT2D eigenvalue weighted by Crippen LogP contribution is 2.31.